The van der Waals surface area contributed by atoms with Crippen LogP contribution in [0.5, 0.6) is 0 Å². The summed E-state index contributed by atoms with van der Waals surface area (Å²) in [6, 6.07) is 0. The summed E-state index contributed by atoms with van der Waals surface area (Å²) in [4.78, 5) is 14.9. The van der Waals surface area contributed by atoms with Gasteiger partial charge in [0.15, 0.2) is 0 Å². The second kappa shape index (κ2) is 4.61. The Kier molecular flexibility index (Phi) is 3.64. The van der Waals surface area contributed by atoms with Crippen LogP contribution in [-0.4, -0.2) is 31.4 Å². The smallest absolute Gasteiger partial charge is 0.323 e. The van der Waals surface area contributed by atoms with E-state index >= 15 is 0 Å². The fourth-order valence-electron chi connectivity index (χ4n) is 1.48. The van der Waals surface area contributed by atoms with E-state index in [1.54, 1.807) is 4.68 Å². The summed E-state index contributed by atoms with van der Waals surface area (Å²) < 4.78 is 1.77. The van der Waals surface area contributed by atoms with Gasteiger partial charge < -0.3 is 10.8 Å². The van der Waals surface area contributed by atoms with Crippen molar-refractivity contribution in [2.24, 2.45) is 5.73 Å². The summed E-state index contributed by atoms with van der Waals surface area (Å²) in [7, 11) is 0. The highest BCUT2D eigenvalue weighted by atomic mass is 16.4. The summed E-state index contributed by atoms with van der Waals surface area (Å²) in [5.41, 5.74) is 4.46. The third-order valence-corrected chi connectivity index (χ3v) is 2.52. The number of aryl methyl sites for hydroxylation is 3. The molecule has 0 aliphatic rings. The van der Waals surface area contributed by atoms with Gasteiger partial charge in [0.25, 0.3) is 0 Å². The molecule has 3 N–H and O–H groups in total. The first-order valence-electron chi connectivity index (χ1n) is 5.23. The van der Waals surface area contributed by atoms with Crippen molar-refractivity contribution in [3.63, 3.8) is 0 Å². The summed E-state index contributed by atoms with van der Waals surface area (Å²) in [6.45, 7) is 5.87. The van der Waals surface area contributed by atoms with E-state index in [1.165, 1.54) is 6.92 Å². The number of nitrogens with zero attached hydrogens (tertiary/aromatic N) is 3. The van der Waals surface area contributed by atoms with Crippen molar-refractivity contribution < 1.29 is 9.90 Å². The van der Waals surface area contributed by atoms with Crippen LogP contribution in [0.15, 0.2) is 0 Å². The van der Waals surface area contributed by atoms with Gasteiger partial charge in [0.05, 0.1) is 0 Å². The lowest BCUT2D eigenvalue weighted by atomic mass is 9.98. The maximum atomic E-state index is 10.8. The monoisotopic (exact) mass is 226 g/mol. The molecule has 0 spiro atoms. The van der Waals surface area contributed by atoms with Gasteiger partial charge in [-0.05, 0) is 33.6 Å². The first kappa shape index (κ1) is 12.6. The molecule has 1 aromatic rings. The lowest BCUT2D eigenvalue weighted by molar-refractivity contribution is -0.142. The van der Waals surface area contributed by atoms with Crippen molar-refractivity contribution in [2.75, 3.05) is 0 Å². The Morgan fingerprint density at radius 1 is 1.56 bits per heavy atom. The fourth-order valence-corrected chi connectivity index (χ4v) is 1.48. The van der Waals surface area contributed by atoms with Crippen molar-refractivity contribution in [1.29, 1.82) is 0 Å². The Bertz CT molecular complexity index is 384. The van der Waals surface area contributed by atoms with E-state index in [-0.39, 0.29) is 0 Å². The molecule has 0 radical (unpaired) electrons. The minimum absolute atomic E-state index is 0.417. The number of carboxylic acid groups (broad SMARTS) is 1. The third-order valence-electron chi connectivity index (χ3n) is 2.52. The molecule has 1 aromatic heterocycles. The molecule has 6 nitrogen and oxygen atoms in total. The van der Waals surface area contributed by atoms with Gasteiger partial charge in [0, 0.05) is 6.54 Å². The Morgan fingerprint density at radius 3 is 2.62 bits per heavy atom. The van der Waals surface area contributed by atoms with Crippen LogP contribution in [0.1, 0.15) is 31.4 Å². The van der Waals surface area contributed by atoms with Crippen molar-refractivity contribution in [3.8, 4) is 0 Å². The second-order valence-electron chi connectivity index (χ2n) is 4.26. The number of hydrogen-bond donors (Lipinski definition) is 2. The predicted octanol–water partition coefficient (Wildman–Crippen LogP) is 0.477. The quantitative estimate of drug-likeness (QED) is 0.761. The van der Waals surface area contributed by atoms with Gasteiger partial charge in [-0.1, -0.05) is 0 Å². The maximum absolute atomic E-state index is 10.8. The largest absolute Gasteiger partial charge is 0.480 e. The Balaban J connectivity index is 2.48. The molecule has 1 unspecified atom stereocenters. The second-order valence-corrected chi connectivity index (χ2v) is 4.26. The number of hydrogen-bond acceptors (Lipinski definition) is 4. The van der Waals surface area contributed by atoms with Gasteiger partial charge in [-0.2, -0.15) is 5.10 Å². The van der Waals surface area contributed by atoms with Crippen molar-refractivity contribution in [3.05, 3.63) is 11.6 Å². The van der Waals surface area contributed by atoms with Crippen molar-refractivity contribution in [2.45, 2.75) is 45.7 Å². The van der Waals surface area contributed by atoms with Gasteiger partial charge in [0.2, 0.25) is 0 Å². The van der Waals surface area contributed by atoms with Crippen LogP contribution in [0.2, 0.25) is 0 Å². The molecule has 0 amide bonds. The molecule has 1 atom stereocenters. The molecule has 6 heteroatoms. The lowest BCUT2D eigenvalue weighted by Gasteiger charge is -2.18. The molecule has 0 saturated heterocycles. The molecule has 16 heavy (non-hydrogen) atoms. The molecule has 1 rings (SSSR count). The van der Waals surface area contributed by atoms with E-state index in [1.807, 2.05) is 13.8 Å². The van der Waals surface area contributed by atoms with Gasteiger partial charge >= 0.3 is 5.97 Å². The normalized spacial score (nSPS) is 14.8. The van der Waals surface area contributed by atoms with E-state index in [0.717, 1.165) is 11.6 Å². The zero-order valence-corrected chi connectivity index (χ0v) is 9.90. The molecule has 0 fully saturated rings. The molecule has 90 valence electrons. The van der Waals surface area contributed by atoms with E-state index in [2.05, 4.69) is 10.1 Å². The van der Waals surface area contributed by atoms with E-state index in [9.17, 15) is 4.79 Å². The Morgan fingerprint density at radius 2 is 2.19 bits per heavy atom. The highest BCUT2D eigenvalue weighted by Crippen LogP contribution is 2.10. The van der Waals surface area contributed by atoms with Crippen LogP contribution in [0.4, 0.5) is 0 Å². The topological polar surface area (TPSA) is 94.0 Å². The summed E-state index contributed by atoms with van der Waals surface area (Å²) >= 11 is 0. The number of rotatable bonds is 5. The average Bonchev–Trinajstić information content (AvgIpc) is 2.44. The Hall–Kier alpha value is -1.43. The highest BCUT2D eigenvalue weighted by molar-refractivity contribution is 5.77. The highest BCUT2D eigenvalue weighted by Gasteiger charge is 2.26. The van der Waals surface area contributed by atoms with Crippen LogP contribution >= 0.6 is 0 Å². The van der Waals surface area contributed by atoms with E-state index in [0.29, 0.717) is 19.4 Å². The minimum atomic E-state index is -1.16. The lowest BCUT2D eigenvalue weighted by Crippen LogP contribution is -2.44. The molecular formula is C10H18N4O2. The van der Waals surface area contributed by atoms with Gasteiger partial charge in [-0.25, -0.2) is 4.98 Å². The van der Waals surface area contributed by atoms with E-state index in [4.69, 9.17) is 10.8 Å². The molecule has 0 bridgehead atoms. The van der Waals surface area contributed by atoms with Gasteiger partial charge in [-0.15, -0.1) is 0 Å². The standard InChI is InChI=1S/C10H18N4O2/c1-7-12-8(2)14(13-7)6-4-5-10(3,11)9(15)16/h4-6,11H2,1-3H3,(H,15,16). The zero-order valence-electron chi connectivity index (χ0n) is 9.90. The molecule has 0 aromatic carbocycles. The van der Waals surface area contributed by atoms with Crippen LogP contribution in [0.25, 0.3) is 0 Å². The molecule has 0 aliphatic carbocycles. The summed E-state index contributed by atoms with van der Waals surface area (Å²) in [5.74, 6) is 0.594. The number of carboxylic acids is 1. The van der Waals surface area contributed by atoms with E-state index < -0.39 is 11.5 Å². The number of aromatic nitrogens is 3. The van der Waals surface area contributed by atoms with Crippen LogP contribution in [0, 0.1) is 13.8 Å². The predicted molar refractivity (Wildman–Crippen MR) is 59.0 cm³/mol. The average molecular weight is 226 g/mol. The minimum Gasteiger partial charge on any atom is -0.480 e. The van der Waals surface area contributed by atoms with Gasteiger partial charge in [-0.3, -0.25) is 9.48 Å². The molecule has 1 heterocycles. The van der Waals surface area contributed by atoms with Crippen molar-refractivity contribution >= 4 is 5.97 Å². The van der Waals surface area contributed by atoms with Crippen molar-refractivity contribution in [1.82, 2.24) is 14.8 Å². The van der Waals surface area contributed by atoms with Crippen LogP contribution in [0.3, 0.4) is 0 Å². The third kappa shape index (κ3) is 3.03. The maximum Gasteiger partial charge on any atom is 0.323 e. The molecule has 0 aliphatic heterocycles. The molecular weight excluding hydrogens is 208 g/mol. The van der Waals surface area contributed by atoms with Crippen LogP contribution in [-0.2, 0) is 11.3 Å². The first-order valence-corrected chi connectivity index (χ1v) is 5.23. The Labute approximate surface area is 94.5 Å². The summed E-state index contributed by atoms with van der Waals surface area (Å²) in [6.07, 6.45) is 1.09. The SMILES string of the molecule is Cc1nc(C)n(CCCC(C)(N)C(=O)O)n1. The number of carbonyl (C=O) groups is 1. The summed E-state index contributed by atoms with van der Waals surface area (Å²) in [5, 5.41) is 13.0. The van der Waals surface area contributed by atoms with Crippen LogP contribution < -0.4 is 5.73 Å². The number of nitrogens with two attached hydrogens (primary N) is 1. The first-order chi connectivity index (χ1) is 7.33. The van der Waals surface area contributed by atoms with Gasteiger partial charge in [0.1, 0.15) is 17.2 Å². The number of aliphatic carboxylic acids is 1. The molecule has 0 saturated carbocycles. The fraction of sp³-hybridized carbons (Fsp3) is 0.700. The zero-order chi connectivity index (χ0) is 12.3.